The largest absolute Gasteiger partial charge is 0.481 e. The molecule has 114 valence electrons. The van der Waals surface area contributed by atoms with E-state index >= 15 is 0 Å². The van der Waals surface area contributed by atoms with Crippen molar-refractivity contribution in [2.75, 3.05) is 0 Å². The molecule has 0 aliphatic rings. The lowest BCUT2D eigenvalue weighted by Gasteiger charge is -2.06. The summed E-state index contributed by atoms with van der Waals surface area (Å²) in [6.07, 6.45) is 2.66. The van der Waals surface area contributed by atoms with E-state index in [1.54, 1.807) is 11.3 Å². The van der Waals surface area contributed by atoms with Gasteiger partial charge in [0.2, 0.25) is 0 Å². The van der Waals surface area contributed by atoms with Crippen LogP contribution < -0.4 is 0 Å². The smallest absolute Gasteiger partial charge is 0.309 e. The molecular formula is C16H15ClN2O2S. The van der Waals surface area contributed by atoms with Gasteiger partial charge in [-0.25, -0.2) is 4.98 Å². The molecule has 0 fully saturated rings. The standard InChI is InChI=1S/C16H15ClN2O2S/c1-3-13-15(10-4-5-12(17)9(2)6-10)19-8-11(7-14(20)21)18-16(19)22-13/h4-6,8H,3,7H2,1-2H3,(H,20,21). The Balaban J connectivity index is 2.18. The molecule has 0 atom stereocenters. The molecule has 0 amide bonds. The molecule has 0 unspecified atom stereocenters. The molecule has 4 nitrogen and oxygen atoms in total. The zero-order chi connectivity index (χ0) is 15.9. The summed E-state index contributed by atoms with van der Waals surface area (Å²) in [5.74, 6) is -0.870. The molecule has 3 rings (SSSR count). The van der Waals surface area contributed by atoms with Gasteiger partial charge in [-0.15, -0.1) is 11.3 Å². The van der Waals surface area contributed by atoms with E-state index in [-0.39, 0.29) is 6.42 Å². The number of hydrogen-bond acceptors (Lipinski definition) is 3. The third-order valence-corrected chi connectivity index (χ3v) is 5.15. The fourth-order valence-corrected chi connectivity index (χ4v) is 3.71. The van der Waals surface area contributed by atoms with Gasteiger partial charge in [-0.3, -0.25) is 9.20 Å². The summed E-state index contributed by atoms with van der Waals surface area (Å²) in [5, 5.41) is 9.66. The fourth-order valence-electron chi connectivity index (χ4n) is 2.51. The van der Waals surface area contributed by atoms with E-state index in [2.05, 4.69) is 18.0 Å². The zero-order valence-electron chi connectivity index (χ0n) is 12.3. The van der Waals surface area contributed by atoms with Gasteiger partial charge in [0, 0.05) is 21.7 Å². The quantitative estimate of drug-likeness (QED) is 0.777. The first kappa shape index (κ1) is 15.1. The van der Waals surface area contributed by atoms with Gasteiger partial charge in [0.1, 0.15) is 0 Å². The van der Waals surface area contributed by atoms with Gasteiger partial charge in [-0.05, 0) is 31.0 Å². The number of aryl methyl sites for hydroxylation is 2. The third-order valence-electron chi connectivity index (χ3n) is 3.53. The number of hydrogen-bond donors (Lipinski definition) is 1. The molecule has 0 spiro atoms. The van der Waals surface area contributed by atoms with Crippen molar-refractivity contribution in [3.63, 3.8) is 0 Å². The third kappa shape index (κ3) is 2.62. The highest BCUT2D eigenvalue weighted by atomic mass is 35.5. The summed E-state index contributed by atoms with van der Waals surface area (Å²) in [4.78, 5) is 17.3. The van der Waals surface area contributed by atoms with E-state index in [0.29, 0.717) is 5.69 Å². The minimum absolute atomic E-state index is 0.0606. The first-order chi connectivity index (χ1) is 10.5. The maximum absolute atomic E-state index is 10.9. The number of aromatic nitrogens is 2. The fraction of sp³-hybridized carbons (Fsp3) is 0.250. The average Bonchev–Trinajstić information content (AvgIpc) is 2.97. The SMILES string of the molecule is CCc1sc2nc(CC(=O)O)cn2c1-c1ccc(Cl)c(C)c1. The summed E-state index contributed by atoms with van der Waals surface area (Å²) < 4.78 is 1.99. The average molecular weight is 335 g/mol. The number of fused-ring (bicyclic) bond motifs is 1. The van der Waals surface area contributed by atoms with E-state index in [0.717, 1.165) is 33.2 Å². The number of thiazole rings is 1. The Kier molecular flexibility index (Phi) is 3.93. The van der Waals surface area contributed by atoms with Crippen LogP contribution in [0.5, 0.6) is 0 Å². The second kappa shape index (κ2) is 5.74. The number of imidazole rings is 1. The van der Waals surface area contributed by atoms with Gasteiger partial charge >= 0.3 is 5.97 Å². The molecule has 3 aromatic rings. The molecule has 2 aromatic heterocycles. The number of nitrogens with zero attached hydrogens (tertiary/aromatic N) is 2. The van der Waals surface area contributed by atoms with E-state index in [1.165, 1.54) is 4.88 Å². The number of aliphatic carboxylic acids is 1. The van der Waals surface area contributed by atoms with Crippen LogP contribution in [0, 0.1) is 6.92 Å². The highest BCUT2D eigenvalue weighted by molar-refractivity contribution is 7.17. The molecule has 0 aliphatic carbocycles. The Bertz CT molecular complexity index is 867. The molecular weight excluding hydrogens is 320 g/mol. The number of benzene rings is 1. The highest BCUT2D eigenvalue weighted by Crippen LogP contribution is 2.34. The van der Waals surface area contributed by atoms with Gasteiger partial charge < -0.3 is 5.11 Å². The molecule has 0 aliphatic heterocycles. The van der Waals surface area contributed by atoms with E-state index < -0.39 is 5.97 Å². The molecule has 22 heavy (non-hydrogen) atoms. The monoisotopic (exact) mass is 334 g/mol. The Morgan fingerprint density at radius 2 is 2.23 bits per heavy atom. The van der Waals surface area contributed by atoms with Crippen molar-refractivity contribution in [1.29, 1.82) is 0 Å². The number of carbonyl (C=O) groups is 1. The summed E-state index contributed by atoms with van der Waals surface area (Å²) in [6, 6.07) is 5.94. The molecule has 0 radical (unpaired) electrons. The summed E-state index contributed by atoms with van der Waals surface area (Å²) in [5.41, 5.74) is 3.75. The van der Waals surface area contributed by atoms with Crippen LogP contribution in [0.25, 0.3) is 16.2 Å². The summed E-state index contributed by atoms with van der Waals surface area (Å²) >= 11 is 7.72. The van der Waals surface area contributed by atoms with Gasteiger partial charge in [0.05, 0.1) is 17.8 Å². The Hall–Kier alpha value is -1.85. The lowest BCUT2D eigenvalue weighted by molar-refractivity contribution is -0.136. The summed E-state index contributed by atoms with van der Waals surface area (Å²) in [7, 11) is 0. The van der Waals surface area contributed by atoms with E-state index in [9.17, 15) is 4.79 Å². The van der Waals surface area contributed by atoms with Crippen LogP contribution in [0.1, 0.15) is 23.1 Å². The lowest BCUT2D eigenvalue weighted by Crippen LogP contribution is -2.00. The van der Waals surface area contributed by atoms with Crippen LogP contribution in [0.3, 0.4) is 0 Å². The number of carboxylic acid groups (broad SMARTS) is 1. The number of rotatable bonds is 4. The minimum Gasteiger partial charge on any atom is -0.481 e. The first-order valence-electron chi connectivity index (χ1n) is 6.97. The molecule has 0 saturated heterocycles. The Morgan fingerprint density at radius 3 is 2.86 bits per heavy atom. The highest BCUT2D eigenvalue weighted by Gasteiger charge is 2.17. The minimum atomic E-state index is -0.870. The van der Waals surface area contributed by atoms with Gasteiger partial charge in [-0.2, -0.15) is 0 Å². The lowest BCUT2D eigenvalue weighted by atomic mass is 10.1. The van der Waals surface area contributed by atoms with Crippen molar-refractivity contribution in [1.82, 2.24) is 9.38 Å². The Morgan fingerprint density at radius 1 is 1.45 bits per heavy atom. The van der Waals surface area contributed by atoms with Crippen molar-refractivity contribution in [2.45, 2.75) is 26.7 Å². The Labute approximate surface area is 137 Å². The maximum atomic E-state index is 10.9. The molecule has 0 saturated carbocycles. The predicted molar refractivity (Wildman–Crippen MR) is 89.0 cm³/mol. The first-order valence-corrected chi connectivity index (χ1v) is 8.17. The molecule has 2 heterocycles. The van der Waals surface area contributed by atoms with Crippen molar-refractivity contribution in [2.24, 2.45) is 0 Å². The van der Waals surface area contributed by atoms with Crippen molar-refractivity contribution >= 4 is 33.9 Å². The van der Waals surface area contributed by atoms with Crippen molar-refractivity contribution in [3.05, 3.63) is 45.6 Å². The predicted octanol–water partition coefficient (Wildman–Crippen LogP) is 4.21. The van der Waals surface area contributed by atoms with Crippen LogP contribution in [-0.4, -0.2) is 20.5 Å². The zero-order valence-corrected chi connectivity index (χ0v) is 13.8. The van der Waals surface area contributed by atoms with Crippen LogP contribution in [0.4, 0.5) is 0 Å². The van der Waals surface area contributed by atoms with Crippen LogP contribution in [-0.2, 0) is 17.6 Å². The van der Waals surface area contributed by atoms with Crippen LogP contribution >= 0.6 is 22.9 Å². The van der Waals surface area contributed by atoms with Crippen molar-refractivity contribution < 1.29 is 9.90 Å². The normalized spacial score (nSPS) is 11.2. The molecule has 6 heteroatoms. The number of halogens is 1. The molecule has 1 N–H and O–H groups in total. The maximum Gasteiger partial charge on any atom is 0.309 e. The second-order valence-corrected chi connectivity index (χ2v) is 6.62. The summed E-state index contributed by atoms with van der Waals surface area (Å²) in [6.45, 7) is 4.08. The van der Waals surface area contributed by atoms with E-state index in [1.807, 2.05) is 29.7 Å². The topological polar surface area (TPSA) is 54.6 Å². The number of carboxylic acids is 1. The van der Waals surface area contributed by atoms with Gasteiger partial charge in [-0.1, -0.05) is 24.6 Å². The van der Waals surface area contributed by atoms with Gasteiger partial charge in [0.25, 0.3) is 0 Å². The molecule has 0 bridgehead atoms. The van der Waals surface area contributed by atoms with Crippen LogP contribution in [0.15, 0.2) is 24.4 Å². The van der Waals surface area contributed by atoms with Crippen LogP contribution in [0.2, 0.25) is 5.02 Å². The second-order valence-electron chi connectivity index (χ2n) is 5.15. The molecule has 1 aromatic carbocycles. The van der Waals surface area contributed by atoms with Gasteiger partial charge in [0.15, 0.2) is 4.96 Å². The van der Waals surface area contributed by atoms with E-state index in [4.69, 9.17) is 16.7 Å². The van der Waals surface area contributed by atoms with Crippen molar-refractivity contribution in [3.8, 4) is 11.3 Å².